The number of nitrogens with zero attached hydrogens (tertiary/aromatic N) is 1. The van der Waals surface area contributed by atoms with Gasteiger partial charge in [0.25, 0.3) is 0 Å². The van der Waals surface area contributed by atoms with Crippen molar-refractivity contribution in [1.82, 2.24) is 4.98 Å². The van der Waals surface area contributed by atoms with Crippen molar-refractivity contribution >= 4 is 22.4 Å². The van der Waals surface area contributed by atoms with Crippen LogP contribution in [0.15, 0.2) is 53.9 Å². The molecular weight excluding hydrogens is 358 g/mol. The standard InChI is InChI=1S/C19H14F2N2O2S/c20-19(21,15-4-2-1-3-5-15)17(24)23-18-22-16(11-26-18)12-6-7-13-9-25-10-14(13)8-12/h1-8,11H,9-10H2,(H,22,23,24). The van der Waals surface area contributed by atoms with Crippen molar-refractivity contribution in [2.75, 3.05) is 5.32 Å². The molecule has 1 aromatic heterocycles. The fourth-order valence-electron chi connectivity index (χ4n) is 2.75. The minimum absolute atomic E-state index is 0.136. The van der Waals surface area contributed by atoms with E-state index in [0.717, 1.165) is 28.0 Å². The van der Waals surface area contributed by atoms with Gasteiger partial charge in [-0.05, 0) is 17.2 Å². The minimum atomic E-state index is -3.63. The second-order valence-corrected chi connectivity index (χ2v) is 6.77. The molecule has 132 valence electrons. The van der Waals surface area contributed by atoms with Crippen LogP contribution in [-0.4, -0.2) is 10.9 Å². The van der Waals surface area contributed by atoms with Crippen LogP contribution in [0.25, 0.3) is 11.3 Å². The lowest BCUT2D eigenvalue weighted by Gasteiger charge is -2.15. The van der Waals surface area contributed by atoms with Crippen LogP contribution < -0.4 is 5.32 Å². The second-order valence-electron chi connectivity index (χ2n) is 5.91. The van der Waals surface area contributed by atoms with E-state index in [0.29, 0.717) is 18.9 Å². The largest absolute Gasteiger partial charge is 0.372 e. The number of benzene rings is 2. The molecule has 1 aliphatic rings. The molecule has 1 amide bonds. The highest BCUT2D eigenvalue weighted by atomic mass is 32.1. The van der Waals surface area contributed by atoms with Crippen LogP contribution in [0.2, 0.25) is 0 Å². The first-order valence-corrected chi connectivity index (χ1v) is 8.82. The SMILES string of the molecule is O=C(Nc1nc(-c2ccc3c(c2)COC3)cs1)C(F)(F)c1ccccc1. The Bertz CT molecular complexity index is 957. The summed E-state index contributed by atoms with van der Waals surface area (Å²) in [5.74, 6) is -5.02. The number of carbonyl (C=O) groups is 1. The Labute approximate surface area is 152 Å². The number of amides is 1. The highest BCUT2D eigenvalue weighted by Crippen LogP contribution is 2.32. The van der Waals surface area contributed by atoms with E-state index in [9.17, 15) is 13.6 Å². The van der Waals surface area contributed by atoms with Gasteiger partial charge in [0.1, 0.15) is 0 Å². The van der Waals surface area contributed by atoms with Gasteiger partial charge in [-0.25, -0.2) is 4.98 Å². The monoisotopic (exact) mass is 372 g/mol. The molecular formula is C19H14F2N2O2S. The van der Waals surface area contributed by atoms with Gasteiger partial charge < -0.3 is 4.74 Å². The molecule has 1 aliphatic heterocycles. The van der Waals surface area contributed by atoms with Gasteiger partial charge in [-0.15, -0.1) is 11.3 Å². The average Bonchev–Trinajstić information content (AvgIpc) is 3.30. The van der Waals surface area contributed by atoms with Gasteiger partial charge >= 0.3 is 11.8 Å². The number of ether oxygens (including phenoxy) is 1. The van der Waals surface area contributed by atoms with Crippen LogP contribution >= 0.6 is 11.3 Å². The molecule has 26 heavy (non-hydrogen) atoms. The van der Waals surface area contributed by atoms with Crippen LogP contribution in [0, 0.1) is 0 Å². The summed E-state index contributed by atoms with van der Waals surface area (Å²) in [7, 11) is 0. The maximum atomic E-state index is 14.3. The van der Waals surface area contributed by atoms with E-state index in [1.54, 1.807) is 11.4 Å². The predicted octanol–water partition coefficient (Wildman–Crippen LogP) is 4.57. The molecule has 0 atom stereocenters. The van der Waals surface area contributed by atoms with Crippen molar-refractivity contribution in [1.29, 1.82) is 0 Å². The Morgan fingerprint density at radius 2 is 1.88 bits per heavy atom. The van der Waals surface area contributed by atoms with Crippen molar-refractivity contribution in [2.45, 2.75) is 19.1 Å². The molecule has 0 saturated heterocycles. The van der Waals surface area contributed by atoms with Gasteiger partial charge in [0, 0.05) is 16.5 Å². The van der Waals surface area contributed by atoms with E-state index < -0.39 is 11.8 Å². The molecule has 2 aromatic carbocycles. The van der Waals surface area contributed by atoms with Crippen LogP contribution in [-0.2, 0) is 28.7 Å². The van der Waals surface area contributed by atoms with Gasteiger partial charge in [0.2, 0.25) is 0 Å². The molecule has 0 unspecified atom stereocenters. The number of nitrogens with one attached hydrogen (secondary N) is 1. The van der Waals surface area contributed by atoms with Crippen LogP contribution in [0.5, 0.6) is 0 Å². The van der Waals surface area contributed by atoms with Crippen LogP contribution in [0.1, 0.15) is 16.7 Å². The smallest absolute Gasteiger partial charge is 0.350 e. The number of anilines is 1. The van der Waals surface area contributed by atoms with Gasteiger partial charge in [-0.1, -0.05) is 42.5 Å². The Hall–Kier alpha value is -2.64. The van der Waals surface area contributed by atoms with Crippen LogP contribution in [0.3, 0.4) is 0 Å². The molecule has 0 spiro atoms. The van der Waals surface area contributed by atoms with Crippen molar-refractivity contribution in [3.8, 4) is 11.3 Å². The summed E-state index contributed by atoms with van der Waals surface area (Å²) in [6.45, 7) is 1.16. The number of hydrogen-bond acceptors (Lipinski definition) is 4. The zero-order chi connectivity index (χ0) is 18.1. The van der Waals surface area contributed by atoms with Crippen molar-refractivity contribution in [3.05, 3.63) is 70.6 Å². The third kappa shape index (κ3) is 3.11. The number of thiazole rings is 1. The van der Waals surface area contributed by atoms with Gasteiger partial charge in [-0.3, -0.25) is 10.1 Å². The van der Waals surface area contributed by atoms with Gasteiger partial charge in [0.15, 0.2) is 5.13 Å². The Morgan fingerprint density at radius 1 is 1.12 bits per heavy atom. The first-order valence-electron chi connectivity index (χ1n) is 7.94. The minimum Gasteiger partial charge on any atom is -0.372 e. The van der Waals surface area contributed by atoms with E-state index in [4.69, 9.17) is 4.74 Å². The van der Waals surface area contributed by atoms with Crippen LogP contribution in [0.4, 0.5) is 13.9 Å². The second kappa shape index (κ2) is 6.59. The normalized spacial score (nSPS) is 13.5. The zero-order valence-electron chi connectivity index (χ0n) is 13.5. The zero-order valence-corrected chi connectivity index (χ0v) is 14.4. The van der Waals surface area contributed by atoms with E-state index in [1.807, 2.05) is 18.2 Å². The number of hydrogen-bond donors (Lipinski definition) is 1. The Morgan fingerprint density at radius 3 is 2.69 bits per heavy atom. The summed E-state index contributed by atoms with van der Waals surface area (Å²) in [6, 6.07) is 12.9. The fourth-order valence-corrected chi connectivity index (χ4v) is 3.46. The molecule has 1 N–H and O–H groups in total. The molecule has 0 aliphatic carbocycles. The summed E-state index contributed by atoms with van der Waals surface area (Å²) in [4.78, 5) is 16.3. The van der Waals surface area contributed by atoms with E-state index in [2.05, 4.69) is 10.3 Å². The average molecular weight is 372 g/mol. The molecule has 2 heterocycles. The van der Waals surface area contributed by atoms with Gasteiger partial charge in [-0.2, -0.15) is 8.78 Å². The number of fused-ring (bicyclic) bond motifs is 1. The van der Waals surface area contributed by atoms with Crippen molar-refractivity contribution in [2.24, 2.45) is 0 Å². The lowest BCUT2D eigenvalue weighted by Crippen LogP contribution is -2.32. The Kier molecular flexibility index (Phi) is 4.26. The summed E-state index contributed by atoms with van der Waals surface area (Å²) >= 11 is 1.11. The third-order valence-electron chi connectivity index (χ3n) is 4.16. The number of rotatable bonds is 4. The molecule has 4 rings (SSSR count). The van der Waals surface area contributed by atoms with E-state index in [1.165, 1.54) is 24.3 Å². The lowest BCUT2D eigenvalue weighted by molar-refractivity contribution is -0.140. The van der Waals surface area contributed by atoms with Crippen molar-refractivity contribution < 1.29 is 18.3 Å². The van der Waals surface area contributed by atoms with E-state index >= 15 is 0 Å². The molecule has 0 fully saturated rings. The quantitative estimate of drug-likeness (QED) is 0.730. The van der Waals surface area contributed by atoms with Gasteiger partial charge in [0.05, 0.1) is 18.9 Å². The number of alkyl halides is 2. The highest BCUT2D eigenvalue weighted by Gasteiger charge is 2.41. The fraction of sp³-hybridized carbons (Fsp3) is 0.158. The predicted molar refractivity (Wildman–Crippen MR) is 95.0 cm³/mol. The molecule has 0 radical (unpaired) electrons. The first kappa shape index (κ1) is 16.8. The highest BCUT2D eigenvalue weighted by molar-refractivity contribution is 7.14. The molecule has 0 bridgehead atoms. The number of halogens is 2. The first-order chi connectivity index (χ1) is 12.5. The number of carbonyl (C=O) groups excluding carboxylic acids is 1. The molecule has 0 saturated carbocycles. The number of aromatic nitrogens is 1. The molecule has 3 aromatic rings. The van der Waals surface area contributed by atoms with E-state index in [-0.39, 0.29) is 10.7 Å². The topological polar surface area (TPSA) is 51.2 Å². The summed E-state index contributed by atoms with van der Waals surface area (Å²) in [5, 5.41) is 4.08. The Balaban J connectivity index is 1.52. The lowest BCUT2D eigenvalue weighted by atomic mass is 10.1. The third-order valence-corrected chi connectivity index (χ3v) is 4.92. The summed E-state index contributed by atoms with van der Waals surface area (Å²) in [5.41, 5.74) is 3.37. The summed E-state index contributed by atoms with van der Waals surface area (Å²) in [6.07, 6.45) is 0. The molecule has 7 heteroatoms. The van der Waals surface area contributed by atoms with Crippen molar-refractivity contribution in [3.63, 3.8) is 0 Å². The maximum Gasteiger partial charge on any atom is 0.350 e. The maximum absolute atomic E-state index is 14.3. The molecule has 4 nitrogen and oxygen atoms in total. The summed E-state index contributed by atoms with van der Waals surface area (Å²) < 4.78 is 33.9.